The lowest BCUT2D eigenvalue weighted by Crippen LogP contribution is -2.03. The van der Waals surface area contributed by atoms with E-state index in [0.29, 0.717) is 5.69 Å². The molecule has 0 spiro atoms. The molecule has 3 aromatic rings. The Kier molecular flexibility index (Phi) is 4.01. The molecule has 0 amide bonds. The van der Waals surface area contributed by atoms with Gasteiger partial charge in [0, 0.05) is 17.4 Å². The lowest BCUT2D eigenvalue weighted by Gasteiger charge is -2.11. The molecule has 23 heavy (non-hydrogen) atoms. The number of carbonyl (C=O) groups is 1. The second-order valence-electron chi connectivity index (χ2n) is 4.92. The second-order valence-corrected chi connectivity index (χ2v) is 4.92. The Balaban J connectivity index is 1.96. The molecule has 5 heteroatoms. The van der Waals surface area contributed by atoms with Crippen LogP contribution in [0.2, 0.25) is 0 Å². The number of halogens is 1. The van der Waals surface area contributed by atoms with E-state index in [-0.39, 0.29) is 11.3 Å². The van der Waals surface area contributed by atoms with E-state index >= 15 is 0 Å². The van der Waals surface area contributed by atoms with Crippen LogP contribution in [0.1, 0.15) is 10.4 Å². The maximum atomic E-state index is 13.4. The normalized spacial score (nSPS) is 10.3. The topological polar surface area (TPSA) is 62.2 Å². The Morgan fingerprint density at radius 2 is 1.91 bits per heavy atom. The summed E-state index contributed by atoms with van der Waals surface area (Å²) in [5.41, 5.74) is 2.55. The number of aromatic nitrogens is 1. The van der Waals surface area contributed by atoms with E-state index in [4.69, 9.17) is 0 Å². The minimum atomic E-state index is -1.12. The van der Waals surface area contributed by atoms with Crippen molar-refractivity contribution in [1.29, 1.82) is 0 Å². The molecule has 0 unspecified atom stereocenters. The van der Waals surface area contributed by atoms with Gasteiger partial charge in [0.2, 0.25) is 0 Å². The van der Waals surface area contributed by atoms with Crippen LogP contribution in [0.4, 0.5) is 15.8 Å². The second kappa shape index (κ2) is 6.27. The fraction of sp³-hybridized carbons (Fsp3) is 0. The van der Waals surface area contributed by atoms with Gasteiger partial charge >= 0.3 is 5.97 Å². The maximum Gasteiger partial charge on any atom is 0.337 e. The highest BCUT2D eigenvalue weighted by Crippen LogP contribution is 2.26. The molecule has 0 fully saturated rings. The SMILES string of the molecule is O=C(O)c1ccc(F)cc1Nc1cccc(-c2ccccn2)c1. The van der Waals surface area contributed by atoms with E-state index in [1.807, 2.05) is 36.4 Å². The summed E-state index contributed by atoms with van der Waals surface area (Å²) in [5, 5.41) is 12.2. The zero-order valence-corrected chi connectivity index (χ0v) is 12.0. The van der Waals surface area contributed by atoms with Crippen LogP contribution in [0.5, 0.6) is 0 Å². The molecule has 0 saturated carbocycles. The van der Waals surface area contributed by atoms with Gasteiger partial charge in [-0.05, 0) is 42.5 Å². The van der Waals surface area contributed by atoms with Crippen molar-refractivity contribution >= 4 is 17.3 Å². The molecule has 2 aromatic carbocycles. The molecular formula is C18H13FN2O2. The van der Waals surface area contributed by atoms with Crippen LogP contribution in [0.25, 0.3) is 11.3 Å². The van der Waals surface area contributed by atoms with Crippen LogP contribution in [-0.4, -0.2) is 16.1 Å². The Bertz CT molecular complexity index is 851. The Labute approximate surface area is 132 Å². The summed E-state index contributed by atoms with van der Waals surface area (Å²) in [5.74, 6) is -1.62. The predicted octanol–water partition coefficient (Wildman–Crippen LogP) is 4.33. The number of benzene rings is 2. The van der Waals surface area contributed by atoms with Gasteiger partial charge < -0.3 is 10.4 Å². The molecule has 1 heterocycles. The molecule has 0 saturated heterocycles. The smallest absolute Gasteiger partial charge is 0.337 e. The summed E-state index contributed by atoms with van der Waals surface area (Å²) in [6.07, 6.45) is 1.70. The van der Waals surface area contributed by atoms with Crippen molar-refractivity contribution in [3.05, 3.63) is 78.2 Å². The van der Waals surface area contributed by atoms with E-state index in [0.717, 1.165) is 23.4 Å². The lowest BCUT2D eigenvalue weighted by molar-refractivity contribution is 0.0698. The highest BCUT2D eigenvalue weighted by atomic mass is 19.1. The first-order chi connectivity index (χ1) is 11.1. The number of nitrogens with zero attached hydrogens (tertiary/aromatic N) is 1. The summed E-state index contributed by atoms with van der Waals surface area (Å²) in [6.45, 7) is 0. The van der Waals surface area contributed by atoms with E-state index < -0.39 is 11.8 Å². The number of hydrogen-bond acceptors (Lipinski definition) is 3. The molecule has 0 atom stereocenters. The van der Waals surface area contributed by atoms with Crippen molar-refractivity contribution in [3.63, 3.8) is 0 Å². The van der Waals surface area contributed by atoms with Gasteiger partial charge in [0.15, 0.2) is 0 Å². The summed E-state index contributed by atoms with van der Waals surface area (Å²) >= 11 is 0. The van der Waals surface area contributed by atoms with E-state index in [9.17, 15) is 14.3 Å². The van der Waals surface area contributed by atoms with Gasteiger partial charge in [-0.25, -0.2) is 9.18 Å². The third-order valence-corrected chi connectivity index (χ3v) is 3.31. The largest absolute Gasteiger partial charge is 0.478 e. The molecular weight excluding hydrogens is 295 g/mol. The molecule has 0 radical (unpaired) electrons. The number of pyridine rings is 1. The zero-order valence-electron chi connectivity index (χ0n) is 12.0. The van der Waals surface area contributed by atoms with Crippen molar-refractivity contribution in [1.82, 2.24) is 4.98 Å². The van der Waals surface area contributed by atoms with Crippen LogP contribution in [0, 0.1) is 5.82 Å². The van der Waals surface area contributed by atoms with Crippen LogP contribution in [0.15, 0.2) is 66.9 Å². The van der Waals surface area contributed by atoms with Crippen molar-refractivity contribution in [2.75, 3.05) is 5.32 Å². The van der Waals surface area contributed by atoms with Crippen LogP contribution >= 0.6 is 0 Å². The Hall–Kier alpha value is -3.21. The number of rotatable bonds is 4. The molecule has 2 N–H and O–H groups in total. The molecule has 3 rings (SSSR count). The number of aromatic carboxylic acids is 1. The number of carboxylic acid groups (broad SMARTS) is 1. The average Bonchev–Trinajstić information content (AvgIpc) is 2.56. The predicted molar refractivity (Wildman–Crippen MR) is 86.3 cm³/mol. The third-order valence-electron chi connectivity index (χ3n) is 3.31. The molecule has 0 aliphatic heterocycles. The molecule has 0 aliphatic carbocycles. The van der Waals surface area contributed by atoms with Gasteiger partial charge in [0.1, 0.15) is 5.82 Å². The monoisotopic (exact) mass is 308 g/mol. The standard InChI is InChI=1S/C18H13FN2O2/c19-13-7-8-15(18(22)23)17(11-13)21-14-5-3-4-12(10-14)16-6-1-2-9-20-16/h1-11,21H,(H,22,23). The molecule has 0 aliphatic rings. The first-order valence-electron chi connectivity index (χ1n) is 6.95. The van der Waals surface area contributed by atoms with E-state index in [2.05, 4.69) is 10.3 Å². The molecule has 0 bridgehead atoms. The van der Waals surface area contributed by atoms with E-state index in [1.165, 1.54) is 6.07 Å². The number of nitrogens with one attached hydrogen (secondary N) is 1. The first kappa shape index (κ1) is 14.7. The van der Waals surface area contributed by atoms with E-state index in [1.54, 1.807) is 12.3 Å². The summed E-state index contributed by atoms with van der Waals surface area (Å²) in [7, 11) is 0. The minimum Gasteiger partial charge on any atom is -0.478 e. The van der Waals surface area contributed by atoms with Crippen molar-refractivity contribution < 1.29 is 14.3 Å². The molecule has 114 valence electrons. The number of carboxylic acids is 1. The Morgan fingerprint density at radius 3 is 2.65 bits per heavy atom. The number of hydrogen-bond donors (Lipinski definition) is 2. The highest BCUT2D eigenvalue weighted by molar-refractivity contribution is 5.95. The highest BCUT2D eigenvalue weighted by Gasteiger charge is 2.11. The van der Waals surface area contributed by atoms with Gasteiger partial charge in [0.05, 0.1) is 16.9 Å². The zero-order chi connectivity index (χ0) is 16.2. The van der Waals surface area contributed by atoms with Gasteiger partial charge in [-0.3, -0.25) is 4.98 Å². The molecule has 1 aromatic heterocycles. The van der Waals surface area contributed by atoms with Gasteiger partial charge in [-0.2, -0.15) is 0 Å². The fourth-order valence-electron chi connectivity index (χ4n) is 2.25. The van der Waals surface area contributed by atoms with Gasteiger partial charge in [-0.15, -0.1) is 0 Å². The Morgan fingerprint density at radius 1 is 1.04 bits per heavy atom. The van der Waals surface area contributed by atoms with Gasteiger partial charge in [-0.1, -0.05) is 18.2 Å². The fourth-order valence-corrected chi connectivity index (χ4v) is 2.25. The number of anilines is 2. The summed E-state index contributed by atoms with van der Waals surface area (Å²) in [4.78, 5) is 15.5. The van der Waals surface area contributed by atoms with Crippen LogP contribution < -0.4 is 5.32 Å². The minimum absolute atomic E-state index is 0.00893. The average molecular weight is 308 g/mol. The quantitative estimate of drug-likeness (QED) is 0.753. The van der Waals surface area contributed by atoms with Crippen molar-refractivity contribution in [3.8, 4) is 11.3 Å². The van der Waals surface area contributed by atoms with Crippen LogP contribution in [0.3, 0.4) is 0 Å². The van der Waals surface area contributed by atoms with Crippen LogP contribution in [-0.2, 0) is 0 Å². The van der Waals surface area contributed by atoms with Crippen molar-refractivity contribution in [2.45, 2.75) is 0 Å². The third kappa shape index (κ3) is 3.35. The summed E-state index contributed by atoms with van der Waals surface area (Å²) < 4.78 is 13.4. The van der Waals surface area contributed by atoms with Crippen molar-refractivity contribution in [2.24, 2.45) is 0 Å². The summed E-state index contributed by atoms with van der Waals surface area (Å²) in [6, 6.07) is 16.5. The first-order valence-corrected chi connectivity index (χ1v) is 6.95. The van der Waals surface area contributed by atoms with Gasteiger partial charge in [0.25, 0.3) is 0 Å². The molecule has 4 nitrogen and oxygen atoms in total. The lowest BCUT2D eigenvalue weighted by atomic mass is 10.1. The maximum absolute atomic E-state index is 13.4.